The summed E-state index contributed by atoms with van der Waals surface area (Å²) < 4.78 is 5.21. The zero-order valence-corrected chi connectivity index (χ0v) is 12.5. The minimum absolute atomic E-state index is 0.0618. The molecule has 2 rings (SSSR count). The molecule has 1 unspecified atom stereocenters. The number of nitrogens with one attached hydrogen (secondary N) is 1. The lowest BCUT2D eigenvalue weighted by atomic mass is 10.1. The number of hydrogen-bond acceptors (Lipinski definition) is 3. The van der Waals surface area contributed by atoms with Crippen LogP contribution >= 0.6 is 0 Å². The van der Waals surface area contributed by atoms with E-state index in [9.17, 15) is 9.59 Å². The molecule has 1 aromatic rings. The first-order chi connectivity index (χ1) is 10.2. The number of benzene rings is 1. The molecule has 21 heavy (non-hydrogen) atoms. The predicted octanol–water partition coefficient (Wildman–Crippen LogP) is 2.31. The van der Waals surface area contributed by atoms with Gasteiger partial charge in [0, 0.05) is 13.0 Å². The molecule has 0 aliphatic carbocycles. The Bertz CT molecular complexity index is 490. The molecule has 0 radical (unpaired) electrons. The van der Waals surface area contributed by atoms with Crippen molar-refractivity contribution >= 4 is 12.0 Å². The Kier molecular flexibility index (Phi) is 5.20. The molecular weight excluding hydrogens is 268 g/mol. The molecule has 114 valence electrons. The maximum atomic E-state index is 11.9. The van der Waals surface area contributed by atoms with Crippen LogP contribution in [0.15, 0.2) is 30.3 Å². The fourth-order valence-electron chi connectivity index (χ4n) is 2.82. The number of carbonyl (C=O) groups is 2. The summed E-state index contributed by atoms with van der Waals surface area (Å²) in [5.41, 5.74) is 0.942. The first kappa shape index (κ1) is 15.4. The first-order valence-corrected chi connectivity index (χ1v) is 7.42. The van der Waals surface area contributed by atoms with Crippen molar-refractivity contribution < 1.29 is 14.3 Å². The third kappa shape index (κ3) is 3.74. The lowest BCUT2D eigenvalue weighted by molar-refractivity contribution is -0.128. The molecular formula is C16H22N2O3. The van der Waals surface area contributed by atoms with Gasteiger partial charge in [0.05, 0.1) is 12.1 Å². The van der Waals surface area contributed by atoms with Crippen molar-refractivity contribution in [1.82, 2.24) is 10.2 Å². The number of carbonyl (C=O) groups excluding carboxylic acids is 2. The van der Waals surface area contributed by atoms with Crippen LogP contribution in [0.5, 0.6) is 0 Å². The number of likely N-dealkylation sites (N-methyl/N-ethyl adjacent to an activating group) is 1. The topological polar surface area (TPSA) is 58.6 Å². The van der Waals surface area contributed by atoms with Crippen molar-refractivity contribution in [3.63, 3.8) is 0 Å². The minimum atomic E-state index is -0.465. The van der Waals surface area contributed by atoms with Gasteiger partial charge in [-0.25, -0.2) is 4.79 Å². The van der Waals surface area contributed by atoms with Crippen LogP contribution in [0, 0.1) is 0 Å². The summed E-state index contributed by atoms with van der Waals surface area (Å²) in [6.45, 7) is 4.89. The average Bonchev–Trinajstić information content (AvgIpc) is 2.80. The van der Waals surface area contributed by atoms with Crippen molar-refractivity contribution in [3.8, 4) is 0 Å². The largest absolute Gasteiger partial charge is 0.445 e. The Labute approximate surface area is 125 Å². The summed E-state index contributed by atoms with van der Waals surface area (Å²) in [7, 11) is 0. The fourth-order valence-corrected chi connectivity index (χ4v) is 2.82. The zero-order valence-electron chi connectivity index (χ0n) is 12.5. The molecule has 0 aromatic heterocycles. The smallest absolute Gasteiger partial charge is 0.407 e. The Morgan fingerprint density at radius 3 is 2.67 bits per heavy atom. The van der Waals surface area contributed by atoms with Crippen LogP contribution in [0.4, 0.5) is 4.79 Å². The summed E-state index contributed by atoms with van der Waals surface area (Å²) >= 11 is 0. The summed E-state index contributed by atoms with van der Waals surface area (Å²) in [6.07, 6.45) is 0.712. The van der Waals surface area contributed by atoms with E-state index in [0.29, 0.717) is 13.0 Å². The Hall–Kier alpha value is -2.04. The van der Waals surface area contributed by atoms with Gasteiger partial charge in [-0.05, 0) is 18.9 Å². The van der Waals surface area contributed by atoms with Crippen LogP contribution in [0.25, 0.3) is 0 Å². The molecule has 1 N–H and O–H groups in total. The van der Waals surface area contributed by atoms with Gasteiger partial charge >= 0.3 is 6.09 Å². The number of rotatable bonds is 5. The van der Waals surface area contributed by atoms with E-state index in [1.165, 1.54) is 0 Å². The zero-order chi connectivity index (χ0) is 15.2. The van der Waals surface area contributed by atoms with Crippen molar-refractivity contribution in [1.29, 1.82) is 0 Å². The standard InChI is InChI=1S/C16H22N2O3/c1-3-14-13(10-15(19)18(14)4-2)17-16(20)21-11-12-8-6-5-7-9-12/h5-9,13-14H,3-4,10-11H2,1-2H3,(H,17,20)/t13-,14?/m0/s1. The van der Waals surface area contributed by atoms with Gasteiger partial charge in [-0.15, -0.1) is 0 Å². The fraction of sp³-hybridized carbons (Fsp3) is 0.500. The molecule has 1 aliphatic rings. The second-order valence-electron chi connectivity index (χ2n) is 5.17. The van der Waals surface area contributed by atoms with Crippen LogP contribution < -0.4 is 5.32 Å². The molecule has 1 saturated heterocycles. The molecule has 5 nitrogen and oxygen atoms in total. The highest BCUT2D eigenvalue weighted by molar-refractivity contribution is 5.81. The van der Waals surface area contributed by atoms with E-state index in [1.54, 1.807) is 0 Å². The number of amides is 2. The molecule has 0 saturated carbocycles. The number of alkyl carbamates (subject to hydrolysis) is 1. The number of ether oxygens (including phenoxy) is 1. The summed E-state index contributed by atoms with van der Waals surface area (Å²) in [6, 6.07) is 9.42. The van der Waals surface area contributed by atoms with E-state index < -0.39 is 6.09 Å². The number of nitrogens with zero attached hydrogens (tertiary/aromatic N) is 1. The molecule has 2 atom stereocenters. The van der Waals surface area contributed by atoms with Gasteiger partial charge in [0.1, 0.15) is 6.61 Å². The quantitative estimate of drug-likeness (QED) is 0.905. The van der Waals surface area contributed by atoms with Gasteiger partial charge in [-0.2, -0.15) is 0 Å². The van der Waals surface area contributed by atoms with Gasteiger partial charge in [-0.3, -0.25) is 4.79 Å². The molecule has 1 aromatic carbocycles. The summed E-state index contributed by atoms with van der Waals surface area (Å²) in [5.74, 6) is 0.0951. The molecule has 1 heterocycles. The molecule has 2 amide bonds. The van der Waals surface area contributed by atoms with Crippen LogP contribution in [0.2, 0.25) is 0 Å². The molecule has 0 bridgehead atoms. The number of likely N-dealkylation sites (tertiary alicyclic amines) is 1. The third-order valence-electron chi connectivity index (χ3n) is 3.85. The van der Waals surface area contributed by atoms with Gasteiger partial charge in [0.2, 0.25) is 5.91 Å². The summed E-state index contributed by atoms with van der Waals surface area (Å²) in [5, 5.41) is 2.82. The maximum absolute atomic E-state index is 11.9. The van der Waals surface area contributed by atoms with Crippen molar-refractivity contribution in [2.24, 2.45) is 0 Å². The molecule has 0 spiro atoms. The molecule has 1 aliphatic heterocycles. The second-order valence-corrected chi connectivity index (χ2v) is 5.17. The lowest BCUT2D eigenvalue weighted by Gasteiger charge is -2.26. The van der Waals surface area contributed by atoms with E-state index in [2.05, 4.69) is 5.32 Å². The SMILES string of the molecule is CCC1[C@@H](NC(=O)OCc2ccccc2)CC(=O)N1CC. The van der Waals surface area contributed by atoms with Crippen molar-refractivity contribution in [2.45, 2.75) is 45.4 Å². The second kappa shape index (κ2) is 7.11. The lowest BCUT2D eigenvalue weighted by Crippen LogP contribution is -2.45. The highest BCUT2D eigenvalue weighted by Crippen LogP contribution is 2.21. The molecule has 5 heteroatoms. The monoisotopic (exact) mass is 290 g/mol. The van der Waals surface area contributed by atoms with Crippen molar-refractivity contribution in [2.75, 3.05) is 6.54 Å². The average molecular weight is 290 g/mol. The Morgan fingerprint density at radius 1 is 1.33 bits per heavy atom. The predicted molar refractivity (Wildman–Crippen MR) is 79.6 cm³/mol. The van der Waals surface area contributed by atoms with E-state index >= 15 is 0 Å². The van der Waals surface area contributed by atoms with Crippen LogP contribution in [-0.4, -0.2) is 35.5 Å². The van der Waals surface area contributed by atoms with Gasteiger partial charge in [-0.1, -0.05) is 37.3 Å². The third-order valence-corrected chi connectivity index (χ3v) is 3.85. The minimum Gasteiger partial charge on any atom is -0.445 e. The van der Waals surface area contributed by atoms with Gasteiger partial charge in [0.25, 0.3) is 0 Å². The van der Waals surface area contributed by atoms with E-state index in [4.69, 9.17) is 4.74 Å². The highest BCUT2D eigenvalue weighted by Gasteiger charge is 2.38. The van der Waals surface area contributed by atoms with Crippen LogP contribution in [0.3, 0.4) is 0 Å². The molecule has 1 fully saturated rings. The Balaban J connectivity index is 1.86. The van der Waals surface area contributed by atoms with Crippen molar-refractivity contribution in [3.05, 3.63) is 35.9 Å². The number of hydrogen-bond donors (Lipinski definition) is 1. The van der Waals surface area contributed by atoms with E-state index in [1.807, 2.05) is 49.1 Å². The maximum Gasteiger partial charge on any atom is 0.407 e. The highest BCUT2D eigenvalue weighted by atomic mass is 16.5. The van der Waals surface area contributed by atoms with Gasteiger partial charge in [0.15, 0.2) is 0 Å². The van der Waals surface area contributed by atoms with E-state index in [-0.39, 0.29) is 24.6 Å². The Morgan fingerprint density at radius 2 is 2.05 bits per heavy atom. The summed E-state index contributed by atoms with van der Waals surface area (Å²) in [4.78, 5) is 25.6. The first-order valence-electron chi connectivity index (χ1n) is 7.42. The van der Waals surface area contributed by atoms with Gasteiger partial charge < -0.3 is 15.0 Å². The normalized spacial score (nSPS) is 21.4. The van der Waals surface area contributed by atoms with Crippen LogP contribution in [-0.2, 0) is 16.1 Å². The van der Waals surface area contributed by atoms with E-state index in [0.717, 1.165) is 12.0 Å². The van der Waals surface area contributed by atoms with Crippen LogP contribution in [0.1, 0.15) is 32.3 Å².